The third-order valence-corrected chi connectivity index (χ3v) is 10.4. The quantitative estimate of drug-likeness (QED) is 0.351. The van der Waals surface area contributed by atoms with E-state index in [1.807, 2.05) is 6.92 Å². The zero-order valence-corrected chi connectivity index (χ0v) is 22.1. The van der Waals surface area contributed by atoms with Crippen molar-refractivity contribution in [3.63, 3.8) is 0 Å². The molecule has 1 aromatic rings. The molecular weight excluding hydrogens is 466 g/mol. The normalized spacial score (nSPS) is 40.9. The van der Waals surface area contributed by atoms with E-state index in [0.717, 1.165) is 31.0 Å². The van der Waals surface area contributed by atoms with Crippen molar-refractivity contribution in [3.8, 4) is 6.01 Å². The second kappa shape index (κ2) is 9.47. The van der Waals surface area contributed by atoms with Gasteiger partial charge in [-0.15, -0.1) is 6.58 Å². The molecule has 35 heavy (non-hydrogen) atoms. The van der Waals surface area contributed by atoms with Crippen LogP contribution in [0.15, 0.2) is 24.1 Å². The predicted octanol–water partition coefficient (Wildman–Crippen LogP) is 3.88. The molecule has 9 heteroatoms. The number of rotatable bonds is 6. The number of aliphatic hydroxyl groups is 1. The summed E-state index contributed by atoms with van der Waals surface area (Å²) >= 11 is 1.15. The lowest BCUT2D eigenvalue weighted by Gasteiger charge is -2.61. The number of esters is 1. The zero-order chi connectivity index (χ0) is 25.6. The van der Waals surface area contributed by atoms with Gasteiger partial charge >= 0.3 is 12.0 Å². The molecule has 4 rings (SSSR count). The lowest BCUT2D eigenvalue weighted by atomic mass is 9.44. The first-order valence-electron chi connectivity index (χ1n) is 12.4. The molecule has 8 nitrogen and oxygen atoms in total. The summed E-state index contributed by atoms with van der Waals surface area (Å²) in [5.74, 6) is -0.244. The number of methoxy groups -OCH3 is 1. The van der Waals surface area contributed by atoms with Crippen LogP contribution in [0.1, 0.15) is 59.8 Å². The number of nitrogens with zero attached hydrogens (tertiary/aromatic N) is 3. The lowest BCUT2D eigenvalue weighted by molar-refractivity contribution is -0.205. The minimum Gasteiger partial charge on any atom is -0.467 e. The van der Waals surface area contributed by atoms with E-state index in [2.05, 4.69) is 42.3 Å². The van der Waals surface area contributed by atoms with Gasteiger partial charge in [0.25, 0.3) is 0 Å². The molecule has 0 radical (unpaired) electrons. The molecule has 0 spiro atoms. The first kappa shape index (κ1) is 26.1. The van der Waals surface area contributed by atoms with Gasteiger partial charge in [0.15, 0.2) is 5.16 Å². The first-order chi connectivity index (χ1) is 16.5. The maximum absolute atomic E-state index is 13.4. The van der Waals surface area contributed by atoms with Gasteiger partial charge in [-0.05, 0) is 42.9 Å². The van der Waals surface area contributed by atoms with Crippen LogP contribution in [0, 0.1) is 34.0 Å². The van der Waals surface area contributed by atoms with Crippen molar-refractivity contribution in [1.82, 2.24) is 15.0 Å². The predicted molar refractivity (Wildman–Crippen MR) is 132 cm³/mol. The number of hydrogen-bond acceptors (Lipinski definition) is 9. The molecule has 8 atom stereocenters. The summed E-state index contributed by atoms with van der Waals surface area (Å²) in [6.45, 7) is 12.4. The third-order valence-electron chi connectivity index (χ3n) is 9.60. The number of Topliss-reactive ketones (excluding diaryl/α,β-unsaturated/α-hetero) is 1. The minimum absolute atomic E-state index is 0.0155. The highest BCUT2D eigenvalue weighted by atomic mass is 32.2. The second-order valence-electron chi connectivity index (χ2n) is 11.1. The smallest absolute Gasteiger partial charge is 0.320 e. The molecule has 0 unspecified atom stereocenters. The molecule has 3 saturated carbocycles. The minimum atomic E-state index is -0.681. The summed E-state index contributed by atoms with van der Waals surface area (Å²) in [7, 11) is 1.47. The van der Waals surface area contributed by atoms with Crippen LogP contribution in [0.2, 0.25) is 0 Å². The van der Waals surface area contributed by atoms with E-state index in [0.29, 0.717) is 18.0 Å². The summed E-state index contributed by atoms with van der Waals surface area (Å²) < 4.78 is 11.3. The van der Waals surface area contributed by atoms with Gasteiger partial charge in [-0.2, -0.15) is 9.97 Å². The Labute approximate surface area is 211 Å². The fourth-order valence-corrected chi connectivity index (χ4v) is 7.83. The highest BCUT2D eigenvalue weighted by molar-refractivity contribution is 7.99. The van der Waals surface area contributed by atoms with Crippen molar-refractivity contribution in [2.45, 2.75) is 77.2 Å². The first-order valence-corrected chi connectivity index (χ1v) is 13.4. The van der Waals surface area contributed by atoms with E-state index in [4.69, 9.17) is 9.47 Å². The Balaban J connectivity index is 1.66. The average molecular weight is 504 g/mol. The van der Waals surface area contributed by atoms with Gasteiger partial charge in [0.1, 0.15) is 18.2 Å². The Morgan fingerprint density at radius 3 is 2.74 bits per heavy atom. The zero-order valence-electron chi connectivity index (χ0n) is 21.3. The number of carbonyl (C=O) groups is 2. The second-order valence-corrected chi connectivity index (χ2v) is 12.1. The summed E-state index contributed by atoms with van der Waals surface area (Å²) in [4.78, 5) is 38.7. The van der Waals surface area contributed by atoms with Crippen molar-refractivity contribution < 1.29 is 24.2 Å². The Morgan fingerprint density at radius 1 is 1.31 bits per heavy atom. The number of aromatic nitrogens is 3. The number of hydrogen-bond donors (Lipinski definition) is 1. The molecule has 3 fully saturated rings. The van der Waals surface area contributed by atoms with Crippen molar-refractivity contribution in [3.05, 3.63) is 19.0 Å². The van der Waals surface area contributed by atoms with Gasteiger partial charge in [-0.25, -0.2) is 4.98 Å². The van der Waals surface area contributed by atoms with Crippen molar-refractivity contribution in [1.29, 1.82) is 0 Å². The molecule has 0 amide bonds. The van der Waals surface area contributed by atoms with Crippen LogP contribution in [-0.2, 0) is 14.3 Å². The fourth-order valence-electron chi connectivity index (χ4n) is 7.25. The number of aliphatic hydroxyl groups excluding tert-OH is 1. The molecule has 1 N–H and O–H groups in total. The third kappa shape index (κ3) is 4.18. The molecule has 0 aliphatic heterocycles. The standard InChI is InChI=1S/C26H37N3O5S/c1-7-24(4)12-18(34-19(31)13-35-23-28-14-27-22(29-23)33-6)25(5)15(2)8-10-26(16(3)21(24)32)11-9-17(30)20(25)26/h7,14-16,18,20-21,32H,1,8-13H2,2-6H3/t15-,16+,18-,20+,21+,24-,25+,26+/m1/s1. The summed E-state index contributed by atoms with van der Waals surface area (Å²) in [5.41, 5.74) is -1.47. The molecule has 3 aliphatic carbocycles. The van der Waals surface area contributed by atoms with Gasteiger partial charge in [-0.1, -0.05) is 45.5 Å². The van der Waals surface area contributed by atoms with Gasteiger partial charge in [0.2, 0.25) is 0 Å². The maximum atomic E-state index is 13.4. The molecule has 1 aromatic heterocycles. The Kier molecular flexibility index (Phi) is 7.05. The lowest BCUT2D eigenvalue weighted by Crippen LogP contribution is -2.63. The van der Waals surface area contributed by atoms with Gasteiger partial charge in [0, 0.05) is 23.2 Å². The van der Waals surface area contributed by atoms with E-state index in [1.165, 1.54) is 13.4 Å². The molecule has 1 heterocycles. The molecule has 192 valence electrons. The van der Waals surface area contributed by atoms with Crippen LogP contribution in [0.5, 0.6) is 6.01 Å². The number of thioether (sulfide) groups is 1. The van der Waals surface area contributed by atoms with Gasteiger partial charge in [0.05, 0.1) is 19.0 Å². The van der Waals surface area contributed by atoms with E-state index in [1.54, 1.807) is 6.08 Å². The Bertz CT molecular complexity index is 1010. The van der Waals surface area contributed by atoms with E-state index >= 15 is 0 Å². The SMILES string of the molecule is C=C[C@]1(C)C[C@@H](OC(=O)CSc2ncnc(OC)n2)[C@]2(C)[C@H](C)CC[C@]3(CCC(=O)[C@H]32)[C@@H](C)[C@@H]1O. The largest absolute Gasteiger partial charge is 0.467 e. The van der Waals surface area contributed by atoms with Gasteiger partial charge < -0.3 is 14.6 Å². The summed E-state index contributed by atoms with van der Waals surface area (Å²) in [5, 5.41) is 12.0. The van der Waals surface area contributed by atoms with Gasteiger partial charge in [-0.3, -0.25) is 9.59 Å². The monoisotopic (exact) mass is 503 g/mol. The van der Waals surface area contributed by atoms with Crippen molar-refractivity contribution >= 4 is 23.5 Å². The molecule has 0 aromatic carbocycles. The number of ether oxygens (including phenoxy) is 2. The van der Waals surface area contributed by atoms with Crippen LogP contribution < -0.4 is 4.74 Å². The van der Waals surface area contributed by atoms with Crippen molar-refractivity contribution in [2.75, 3.05) is 12.9 Å². The average Bonchev–Trinajstić information content (AvgIpc) is 3.21. The van der Waals surface area contributed by atoms with Crippen LogP contribution >= 0.6 is 11.8 Å². The number of carbonyl (C=O) groups excluding carboxylic acids is 2. The summed E-state index contributed by atoms with van der Waals surface area (Å²) in [6, 6.07) is 0.181. The molecule has 0 saturated heterocycles. The highest BCUT2D eigenvalue weighted by Gasteiger charge is 2.68. The van der Waals surface area contributed by atoms with Crippen LogP contribution in [0.25, 0.3) is 0 Å². The molecule has 3 aliphatic rings. The maximum Gasteiger partial charge on any atom is 0.320 e. The molecule has 2 bridgehead atoms. The fraction of sp³-hybridized carbons (Fsp3) is 0.731. The molecular formula is C26H37N3O5S. The Hall–Kier alpha value is -2.00. The van der Waals surface area contributed by atoms with E-state index < -0.39 is 29.0 Å². The summed E-state index contributed by atoms with van der Waals surface area (Å²) in [6.07, 6.45) is 5.49. The van der Waals surface area contributed by atoms with Crippen LogP contribution in [0.3, 0.4) is 0 Å². The highest BCUT2D eigenvalue weighted by Crippen LogP contribution is 2.68. The van der Waals surface area contributed by atoms with E-state index in [9.17, 15) is 14.7 Å². The van der Waals surface area contributed by atoms with E-state index in [-0.39, 0.29) is 40.7 Å². The van der Waals surface area contributed by atoms with Crippen LogP contribution in [-0.4, -0.2) is 56.9 Å². The topological polar surface area (TPSA) is 112 Å². The number of ketones is 1. The Morgan fingerprint density at radius 2 is 2.06 bits per heavy atom. The van der Waals surface area contributed by atoms with Crippen LogP contribution in [0.4, 0.5) is 0 Å². The van der Waals surface area contributed by atoms with Crippen molar-refractivity contribution in [2.24, 2.45) is 34.0 Å².